The fourth-order valence-corrected chi connectivity index (χ4v) is 3.87. The Hall–Kier alpha value is -2.36. The first-order chi connectivity index (χ1) is 13.1. The molecule has 0 spiro atoms. The Morgan fingerprint density at radius 3 is 2.59 bits per heavy atom. The monoisotopic (exact) mass is 438 g/mol. The molecule has 0 saturated heterocycles. The molecule has 4 heteroatoms. The van der Waals surface area contributed by atoms with Gasteiger partial charge in [-0.05, 0) is 51.3 Å². The van der Waals surface area contributed by atoms with Crippen LogP contribution in [-0.4, -0.2) is 5.78 Å². The molecule has 4 rings (SSSR count). The minimum absolute atomic E-state index is 0.112. The third kappa shape index (κ3) is 3.85. The van der Waals surface area contributed by atoms with Gasteiger partial charge in [-0.1, -0.05) is 60.1 Å². The summed E-state index contributed by atoms with van der Waals surface area (Å²) in [6, 6.07) is 21.2. The van der Waals surface area contributed by atoms with Crippen LogP contribution < -0.4 is 4.74 Å². The lowest BCUT2D eigenvalue weighted by atomic mass is 10.1. The highest BCUT2D eigenvalue weighted by molar-refractivity contribution is 9.10. The number of rotatable bonds is 4. The number of halogens is 2. The molecule has 3 aromatic rings. The quantitative estimate of drug-likeness (QED) is 0.433. The molecule has 0 heterocycles. The maximum atomic E-state index is 12.5. The molecule has 0 N–H and O–H groups in total. The Kier molecular flexibility index (Phi) is 5.15. The van der Waals surface area contributed by atoms with Gasteiger partial charge in [0.1, 0.15) is 12.4 Å². The Morgan fingerprint density at radius 1 is 1.04 bits per heavy atom. The fourth-order valence-electron chi connectivity index (χ4n) is 3.17. The number of benzene rings is 3. The van der Waals surface area contributed by atoms with Gasteiger partial charge in [0.2, 0.25) is 0 Å². The van der Waals surface area contributed by atoms with Gasteiger partial charge in [-0.15, -0.1) is 0 Å². The molecule has 0 radical (unpaired) electrons. The molecule has 0 bridgehead atoms. The molecule has 0 unspecified atom stereocenters. The largest absolute Gasteiger partial charge is 0.488 e. The standard InChI is InChI=1S/C23H16BrClO2/c24-20-12-15(11-18-13-16-5-1-3-7-19(16)23(18)26)9-10-22(20)27-14-17-6-2-4-8-21(17)25/h1-12H,13-14H2/b18-11+. The summed E-state index contributed by atoms with van der Waals surface area (Å²) in [5, 5.41) is 0.689. The SMILES string of the molecule is O=C1/C(=C/c2ccc(OCc3ccccc3Cl)c(Br)c2)Cc2ccccc21. The number of Topliss-reactive ketones (excluding diaryl/α,β-unsaturated/α-hetero) is 1. The first-order valence-electron chi connectivity index (χ1n) is 8.61. The molecule has 1 aliphatic carbocycles. The van der Waals surface area contributed by atoms with E-state index < -0.39 is 0 Å². The summed E-state index contributed by atoms with van der Waals surface area (Å²) in [6.45, 7) is 0.395. The summed E-state index contributed by atoms with van der Waals surface area (Å²) < 4.78 is 6.72. The first-order valence-corrected chi connectivity index (χ1v) is 9.78. The highest BCUT2D eigenvalue weighted by Gasteiger charge is 2.23. The van der Waals surface area contributed by atoms with E-state index in [0.717, 1.165) is 38.0 Å². The molecular formula is C23H16BrClO2. The average molecular weight is 440 g/mol. The second-order valence-corrected chi connectivity index (χ2v) is 7.66. The topological polar surface area (TPSA) is 26.3 Å². The summed E-state index contributed by atoms with van der Waals surface area (Å²) in [4.78, 5) is 12.5. The van der Waals surface area contributed by atoms with Crippen LogP contribution in [0.15, 0.2) is 76.8 Å². The number of allylic oxidation sites excluding steroid dienone is 1. The predicted octanol–water partition coefficient (Wildman–Crippen LogP) is 6.50. The van der Waals surface area contributed by atoms with Crippen molar-refractivity contribution < 1.29 is 9.53 Å². The van der Waals surface area contributed by atoms with Gasteiger partial charge in [0.15, 0.2) is 5.78 Å². The number of carbonyl (C=O) groups is 1. The highest BCUT2D eigenvalue weighted by atomic mass is 79.9. The first kappa shape index (κ1) is 18.0. The lowest BCUT2D eigenvalue weighted by molar-refractivity contribution is 0.104. The van der Waals surface area contributed by atoms with Gasteiger partial charge >= 0.3 is 0 Å². The van der Waals surface area contributed by atoms with E-state index in [1.165, 1.54) is 0 Å². The average Bonchev–Trinajstić information content (AvgIpc) is 2.98. The van der Waals surface area contributed by atoms with Gasteiger partial charge in [-0.25, -0.2) is 0 Å². The second-order valence-electron chi connectivity index (χ2n) is 6.40. The molecule has 0 fully saturated rings. The van der Waals surface area contributed by atoms with Crippen LogP contribution >= 0.6 is 27.5 Å². The van der Waals surface area contributed by atoms with Crippen LogP contribution in [0.4, 0.5) is 0 Å². The maximum Gasteiger partial charge on any atom is 0.189 e. The summed E-state index contributed by atoms with van der Waals surface area (Å²) in [5.41, 5.74) is 4.61. The fraction of sp³-hybridized carbons (Fsp3) is 0.0870. The summed E-state index contributed by atoms with van der Waals surface area (Å²) in [6.07, 6.45) is 2.63. The molecule has 0 amide bonds. The number of carbonyl (C=O) groups excluding carboxylic acids is 1. The van der Waals surface area contributed by atoms with Crippen LogP contribution in [0.25, 0.3) is 6.08 Å². The lowest BCUT2D eigenvalue weighted by Gasteiger charge is -2.10. The van der Waals surface area contributed by atoms with Crippen molar-refractivity contribution in [1.29, 1.82) is 0 Å². The Morgan fingerprint density at radius 2 is 1.81 bits per heavy atom. The van der Waals surface area contributed by atoms with E-state index in [1.807, 2.05) is 72.8 Å². The van der Waals surface area contributed by atoms with Crippen molar-refractivity contribution in [3.8, 4) is 5.75 Å². The van der Waals surface area contributed by atoms with E-state index in [0.29, 0.717) is 18.1 Å². The second kappa shape index (κ2) is 7.71. The van der Waals surface area contributed by atoms with Gasteiger partial charge in [0.25, 0.3) is 0 Å². The molecule has 1 aliphatic rings. The van der Waals surface area contributed by atoms with Crippen molar-refractivity contribution in [3.63, 3.8) is 0 Å². The predicted molar refractivity (Wildman–Crippen MR) is 112 cm³/mol. The zero-order valence-electron chi connectivity index (χ0n) is 14.4. The molecule has 3 aromatic carbocycles. The van der Waals surface area contributed by atoms with Crippen molar-refractivity contribution in [2.24, 2.45) is 0 Å². The molecule has 0 atom stereocenters. The zero-order chi connectivity index (χ0) is 18.8. The van der Waals surface area contributed by atoms with E-state index in [1.54, 1.807) is 0 Å². The third-order valence-corrected chi connectivity index (χ3v) is 5.56. The van der Waals surface area contributed by atoms with Crippen LogP contribution in [0, 0.1) is 0 Å². The smallest absolute Gasteiger partial charge is 0.189 e. The van der Waals surface area contributed by atoms with Crippen LogP contribution in [0.2, 0.25) is 5.02 Å². The number of ether oxygens (including phenoxy) is 1. The van der Waals surface area contributed by atoms with Crippen molar-refractivity contribution in [3.05, 3.63) is 104 Å². The number of fused-ring (bicyclic) bond motifs is 1. The molecule has 0 aliphatic heterocycles. The summed E-state index contributed by atoms with van der Waals surface area (Å²) in [7, 11) is 0. The van der Waals surface area contributed by atoms with Gasteiger partial charge in [0, 0.05) is 28.1 Å². The Bertz CT molecular complexity index is 1060. The van der Waals surface area contributed by atoms with E-state index >= 15 is 0 Å². The maximum absolute atomic E-state index is 12.5. The third-order valence-electron chi connectivity index (χ3n) is 4.57. The van der Waals surface area contributed by atoms with E-state index in [-0.39, 0.29) is 5.78 Å². The molecule has 134 valence electrons. The van der Waals surface area contributed by atoms with Gasteiger partial charge in [0.05, 0.1) is 4.47 Å². The van der Waals surface area contributed by atoms with Crippen LogP contribution in [0.1, 0.15) is 27.0 Å². The molecule has 0 aromatic heterocycles. The zero-order valence-corrected chi connectivity index (χ0v) is 16.8. The van der Waals surface area contributed by atoms with Crippen molar-refractivity contribution in [2.45, 2.75) is 13.0 Å². The van der Waals surface area contributed by atoms with E-state index in [4.69, 9.17) is 16.3 Å². The van der Waals surface area contributed by atoms with E-state index in [9.17, 15) is 4.79 Å². The van der Waals surface area contributed by atoms with Crippen molar-refractivity contribution >= 4 is 39.4 Å². The van der Waals surface area contributed by atoms with Crippen molar-refractivity contribution in [2.75, 3.05) is 0 Å². The normalized spacial score (nSPS) is 14.4. The van der Waals surface area contributed by atoms with Gasteiger partial charge in [-0.3, -0.25) is 4.79 Å². The van der Waals surface area contributed by atoms with Gasteiger partial charge in [-0.2, -0.15) is 0 Å². The van der Waals surface area contributed by atoms with Gasteiger partial charge < -0.3 is 4.74 Å². The number of hydrogen-bond acceptors (Lipinski definition) is 2. The Labute approximate surface area is 171 Å². The number of ketones is 1. The highest BCUT2D eigenvalue weighted by Crippen LogP contribution is 2.31. The molecule has 27 heavy (non-hydrogen) atoms. The molecule has 2 nitrogen and oxygen atoms in total. The van der Waals surface area contributed by atoms with Crippen LogP contribution in [-0.2, 0) is 13.0 Å². The van der Waals surface area contributed by atoms with Crippen LogP contribution in [0.5, 0.6) is 5.75 Å². The lowest BCUT2D eigenvalue weighted by Crippen LogP contribution is -1.97. The summed E-state index contributed by atoms with van der Waals surface area (Å²) in [5.74, 6) is 0.846. The number of hydrogen-bond donors (Lipinski definition) is 0. The molecule has 0 saturated carbocycles. The minimum Gasteiger partial charge on any atom is -0.488 e. The minimum atomic E-state index is 0.112. The van der Waals surface area contributed by atoms with Crippen molar-refractivity contribution in [1.82, 2.24) is 0 Å². The van der Waals surface area contributed by atoms with E-state index in [2.05, 4.69) is 15.9 Å². The Balaban J connectivity index is 1.51. The molecular weight excluding hydrogens is 424 g/mol. The summed E-state index contributed by atoms with van der Waals surface area (Å²) >= 11 is 9.73. The van der Waals surface area contributed by atoms with Crippen LogP contribution in [0.3, 0.4) is 0 Å².